The number of hydrogen-bond acceptors (Lipinski definition) is 4. The van der Waals surface area contributed by atoms with E-state index in [9.17, 15) is 0 Å². The molecule has 88 valence electrons. The first-order chi connectivity index (χ1) is 8.29. The lowest BCUT2D eigenvalue weighted by atomic mass is 10.3. The van der Waals surface area contributed by atoms with Crippen molar-refractivity contribution >= 4 is 5.78 Å². The molecular formula is C10H13N7. The Morgan fingerprint density at radius 1 is 1.41 bits per heavy atom. The molecule has 0 aliphatic rings. The minimum Gasteiger partial charge on any atom is -0.330 e. The second-order valence-electron chi connectivity index (χ2n) is 3.91. The normalized spacial score (nSPS) is 11.4. The summed E-state index contributed by atoms with van der Waals surface area (Å²) in [5, 5.41) is 10.7. The second kappa shape index (κ2) is 3.70. The maximum Gasteiger partial charge on any atom is 0.211 e. The van der Waals surface area contributed by atoms with Gasteiger partial charge < -0.3 is 10.7 Å². The highest BCUT2D eigenvalue weighted by atomic mass is 15.3. The fraction of sp³-hybridized carbons (Fsp3) is 0.300. The standard InChI is InChI=1S/C10H13N7/c1-6-9(15-16-14-6)8-5-17-7(2-3-11)4-12-10(17)13-8/h4-5H,2-3,11H2,1H3,(H,12,13)(H,14,15,16). The minimum atomic E-state index is 0.608. The van der Waals surface area contributed by atoms with Gasteiger partial charge in [-0.25, -0.2) is 4.98 Å². The summed E-state index contributed by atoms with van der Waals surface area (Å²) in [5.41, 5.74) is 9.22. The van der Waals surface area contributed by atoms with Gasteiger partial charge in [-0.15, -0.1) is 0 Å². The van der Waals surface area contributed by atoms with Crippen molar-refractivity contribution in [2.75, 3.05) is 6.54 Å². The van der Waals surface area contributed by atoms with Crippen LogP contribution >= 0.6 is 0 Å². The van der Waals surface area contributed by atoms with Crippen LogP contribution in [-0.2, 0) is 6.42 Å². The van der Waals surface area contributed by atoms with Gasteiger partial charge in [0.1, 0.15) is 5.69 Å². The molecule has 0 spiro atoms. The number of aryl methyl sites for hydroxylation is 1. The predicted octanol–water partition coefficient (Wildman–Crippen LogP) is 0.257. The minimum absolute atomic E-state index is 0.608. The molecule has 0 aliphatic carbocycles. The number of rotatable bonds is 3. The molecule has 0 saturated heterocycles. The van der Waals surface area contributed by atoms with Gasteiger partial charge in [0.05, 0.1) is 17.6 Å². The number of nitrogens with zero attached hydrogens (tertiary/aromatic N) is 4. The predicted molar refractivity (Wildman–Crippen MR) is 62.4 cm³/mol. The Morgan fingerprint density at radius 3 is 3.00 bits per heavy atom. The quantitative estimate of drug-likeness (QED) is 0.601. The van der Waals surface area contributed by atoms with Crippen LogP contribution in [0.3, 0.4) is 0 Å². The molecule has 3 heterocycles. The van der Waals surface area contributed by atoms with Crippen LogP contribution in [0.15, 0.2) is 12.4 Å². The zero-order chi connectivity index (χ0) is 11.8. The van der Waals surface area contributed by atoms with Gasteiger partial charge in [-0.2, -0.15) is 15.4 Å². The number of hydrogen-bond donors (Lipinski definition) is 3. The van der Waals surface area contributed by atoms with Crippen LogP contribution in [0.25, 0.3) is 17.2 Å². The molecule has 7 nitrogen and oxygen atoms in total. The third-order valence-corrected chi connectivity index (χ3v) is 2.76. The molecule has 0 aromatic carbocycles. The molecule has 7 heteroatoms. The van der Waals surface area contributed by atoms with Crippen LogP contribution < -0.4 is 5.73 Å². The molecule has 3 aromatic heterocycles. The molecule has 0 bridgehead atoms. The molecule has 3 rings (SSSR count). The van der Waals surface area contributed by atoms with E-state index in [0.717, 1.165) is 35.0 Å². The van der Waals surface area contributed by atoms with E-state index in [-0.39, 0.29) is 0 Å². The van der Waals surface area contributed by atoms with Crippen molar-refractivity contribution in [1.82, 2.24) is 29.8 Å². The lowest BCUT2D eigenvalue weighted by Gasteiger charge is -1.93. The van der Waals surface area contributed by atoms with Gasteiger partial charge in [0.15, 0.2) is 0 Å². The first-order valence-electron chi connectivity index (χ1n) is 5.42. The van der Waals surface area contributed by atoms with Crippen molar-refractivity contribution < 1.29 is 0 Å². The average molecular weight is 231 g/mol. The van der Waals surface area contributed by atoms with Gasteiger partial charge >= 0.3 is 0 Å². The van der Waals surface area contributed by atoms with Crippen molar-refractivity contribution in [1.29, 1.82) is 0 Å². The van der Waals surface area contributed by atoms with Crippen LogP contribution in [-0.4, -0.2) is 36.3 Å². The van der Waals surface area contributed by atoms with E-state index in [2.05, 4.69) is 25.4 Å². The van der Waals surface area contributed by atoms with Crippen molar-refractivity contribution in [3.8, 4) is 11.4 Å². The number of aromatic amines is 2. The fourth-order valence-corrected chi connectivity index (χ4v) is 1.91. The molecule has 4 N–H and O–H groups in total. The number of H-pyrrole nitrogens is 2. The van der Waals surface area contributed by atoms with E-state index in [4.69, 9.17) is 5.73 Å². The molecule has 3 aromatic rings. The SMILES string of the molecule is Cc1n[nH]nc1-c1cn2c(CCN)cnc2[nH]1. The summed E-state index contributed by atoms with van der Waals surface area (Å²) in [7, 11) is 0. The fourth-order valence-electron chi connectivity index (χ4n) is 1.91. The van der Waals surface area contributed by atoms with Crippen LogP contribution in [0.1, 0.15) is 11.4 Å². The number of nitrogens with one attached hydrogen (secondary N) is 2. The van der Waals surface area contributed by atoms with Crippen LogP contribution in [0.2, 0.25) is 0 Å². The summed E-state index contributed by atoms with van der Waals surface area (Å²) in [5.74, 6) is 0.797. The van der Waals surface area contributed by atoms with Gasteiger partial charge in [0.2, 0.25) is 5.78 Å². The zero-order valence-electron chi connectivity index (χ0n) is 9.44. The van der Waals surface area contributed by atoms with Crippen LogP contribution in [0.4, 0.5) is 0 Å². The van der Waals surface area contributed by atoms with Crippen LogP contribution in [0.5, 0.6) is 0 Å². The van der Waals surface area contributed by atoms with Gasteiger partial charge in [-0.3, -0.25) is 4.40 Å². The highest BCUT2D eigenvalue weighted by Gasteiger charge is 2.12. The Kier molecular flexibility index (Phi) is 2.19. The van der Waals surface area contributed by atoms with Gasteiger partial charge in [0, 0.05) is 18.3 Å². The van der Waals surface area contributed by atoms with Gasteiger partial charge in [0.25, 0.3) is 0 Å². The smallest absolute Gasteiger partial charge is 0.211 e. The Morgan fingerprint density at radius 2 is 2.29 bits per heavy atom. The molecule has 0 saturated carbocycles. The van der Waals surface area contributed by atoms with Crippen molar-refractivity contribution in [2.45, 2.75) is 13.3 Å². The number of fused-ring (bicyclic) bond motifs is 1. The largest absolute Gasteiger partial charge is 0.330 e. The third-order valence-electron chi connectivity index (χ3n) is 2.76. The summed E-state index contributed by atoms with van der Waals surface area (Å²) in [6.07, 6.45) is 4.60. The Labute approximate surface area is 97.1 Å². The highest BCUT2D eigenvalue weighted by Crippen LogP contribution is 2.19. The van der Waals surface area contributed by atoms with E-state index in [1.54, 1.807) is 0 Å². The van der Waals surface area contributed by atoms with E-state index < -0.39 is 0 Å². The summed E-state index contributed by atoms with van der Waals surface area (Å²) in [6.45, 7) is 2.51. The van der Waals surface area contributed by atoms with E-state index >= 15 is 0 Å². The maximum absolute atomic E-state index is 5.56. The monoisotopic (exact) mass is 231 g/mol. The Bertz CT molecular complexity index is 645. The lowest BCUT2D eigenvalue weighted by molar-refractivity contribution is 0.908. The van der Waals surface area contributed by atoms with Crippen LogP contribution in [0, 0.1) is 6.92 Å². The number of aromatic nitrogens is 6. The van der Waals surface area contributed by atoms with E-state index in [0.29, 0.717) is 6.54 Å². The number of nitrogens with two attached hydrogens (primary N) is 1. The van der Waals surface area contributed by atoms with Crippen molar-refractivity contribution in [3.63, 3.8) is 0 Å². The molecule has 0 unspecified atom stereocenters. The molecule has 0 fully saturated rings. The first kappa shape index (κ1) is 10.0. The number of imidazole rings is 2. The molecule has 17 heavy (non-hydrogen) atoms. The second-order valence-corrected chi connectivity index (χ2v) is 3.91. The van der Waals surface area contributed by atoms with Crippen molar-refractivity contribution in [3.05, 3.63) is 23.8 Å². The van der Waals surface area contributed by atoms with Gasteiger partial charge in [-0.05, 0) is 13.5 Å². The Hall–Kier alpha value is -2.15. The third kappa shape index (κ3) is 1.51. The molecular weight excluding hydrogens is 218 g/mol. The van der Waals surface area contributed by atoms with E-state index in [1.165, 1.54) is 0 Å². The molecule has 0 atom stereocenters. The molecule has 0 amide bonds. The maximum atomic E-state index is 5.56. The van der Waals surface area contributed by atoms with E-state index in [1.807, 2.05) is 23.7 Å². The summed E-state index contributed by atoms with van der Waals surface area (Å²) < 4.78 is 2.00. The van der Waals surface area contributed by atoms with Crippen molar-refractivity contribution in [2.24, 2.45) is 5.73 Å². The summed E-state index contributed by atoms with van der Waals surface area (Å²) in [4.78, 5) is 7.50. The summed E-state index contributed by atoms with van der Waals surface area (Å²) >= 11 is 0. The average Bonchev–Trinajstić information content (AvgIpc) is 2.95. The first-order valence-corrected chi connectivity index (χ1v) is 5.42. The summed E-state index contributed by atoms with van der Waals surface area (Å²) in [6, 6.07) is 0. The highest BCUT2D eigenvalue weighted by molar-refractivity contribution is 5.59. The molecule has 0 radical (unpaired) electrons. The molecule has 0 aliphatic heterocycles. The van der Waals surface area contributed by atoms with Gasteiger partial charge in [-0.1, -0.05) is 0 Å². The Balaban J connectivity index is 2.11. The topological polar surface area (TPSA) is 101 Å². The zero-order valence-corrected chi connectivity index (χ0v) is 9.44. The lowest BCUT2D eigenvalue weighted by Crippen LogP contribution is -2.04.